The fourth-order valence-electron chi connectivity index (χ4n) is 2.18. The maximum absolute atomic E-state index is 12.2. The molecule has 0 saturated carbocycles. The largest absolute Gasteiger partial charge is 0.440 e. The van der Waals surface area contributed by atoms with E-state index in [2.05, 4.69) is 13.8 Å². The van der Waals surface area contributed by atoms with Crippen molar-refractivity contribution >= 4 is 16.3 Å². The Hall–Kier alpha value is -1.14. The van der Waals surface area contributed by atoms with Gasteiger partial charge in [0.05, 0.1) is 0 Å². The molecule has 0 aromatic carbocycles. The van der Waals surface area contributed by atoms with Crippen LogP contribution in [0.25, 0.3) is 0 Å². The fourth-order valence-corrected chi connectivity index (χ4v) is 3.61. The summed E-state index contributed by atoms with van der Waals surface area (Å²) in [6.45, 7) is 5.23. The van der Waals surface area contributed by atoms with Crippen molar-refractivity contribution in [1.29, 1.82) is 0 Å². The number of rotatable bonds is 4. The van der Waals surface area contributed by atoms with Gasteiger partial charge in [-0.25, -0.2) is 8.42 Å². The van der Waals surface area contributed by atoms with Gasteiger partial charge in [0.25, 0.3) is 10.0 Å². The van der Waals surface area contributed by atoms with Crippen LogP contribution in [-0.4, -0.2) is 32.1 Å². The summed E-state index contributed by atoms with van der Waals surface area (Å²) in [5, 5.41) is -0.144. The zero-order valence-electron chi connectivity index (χ0n) is 10.5. The van der Waals surface area contributed by atoms with Crippen LogP contribution in [0.3, 0.4) is 0 Å². The Morgan fingerprint density at radius 3 is 2.67 bits per heavy atom. The van der Waals surface area contributed by atoms with Crippen molar-refractivity contribution in [3.8, 4) is 0 Å². The van der Waals surface area contributed by atoms with E-state index in [0.717, 1.165) is 6.42 Å². The van der Waals surface area contributed by atoms with Crippen molar-refractivity contribution in [2.75, 3.05) is 13.1 Å². The summed E-state index contributed by atoms with van der Waals surface area (Å²) >= 11 is 0. The molecule has 1 aliphatic heterocycles. The van der Waals surface area contributed by atoms with Crippen molar-refractivity contribution in [1.82, 2.24) is 4.31 Å². The van der Waals surface area contributed by atoms with Crippen LogP contribution in [0.2, 0.25) is 0 Å². The number of hydrogen-bond acceptors (Lipinski definition) is 4. The molecule has 0 N–H and O–H groups in total. The third-order valence-corrected chi connectivity index (χ3v) is 5.18. The number of carbonyl (C=O) groups is 1. The van der Waals surface area contributed by atoms with E-state index in [1.807, 2.05) is 0 Å². The zero-order valence-corrected chi connectivity index (χ0v) is 11.3. The van der Waals surface area contributed by atoms with Gasteiger partial charge in [0.2, 0.25) is 5.09 Å². The molecule has 0 spiro atoms. The number of hydrogen-bond donors (Lipinski definition) is 0. The number of sulfonamides is 1. The first-order chi connectivity index (χ1) is 8.45. The molecule has 1 aliphatic rings. The molecule has 2 heterocycles. The lowest BCUT2D eigenvalue weighted by molar-refractivity contribution is 0.109. The van der Waals surface area contributed by atoms with Crippen molar-refractivity contribution in [3.63, 3.8) is 0 Å². The number of aldehydes is 1. The monoisotopic (exact) mass is 271 g/mol. The minimum Gasteiger partial charge on any atom is -0.440 e. The third-order valence-electron chi connectivity index (χ3n) is 3.44. The van der Waals surface area contributed by atoms with Crippen LogP contribution in [0.1, 0.15) is 30.8 Å². The minimum atomic E-state index is -3.59. The lowest BCUT2D eigenvalue weighted by atomic mass is 9.96. The number of nitrogens with zero attached hydrogens (tertiary/aromatic N) is 1. The number of furan rings is 1. The van der Waals surface area contributed by atoms with Gasteiger partial charge in [-0.05, 0) is 30.4 Å². The Labute approximate surface area is 107 Å². The van der Waals surface area contributed by atoms with Gasteiger partial charge in [-0.15, -0.1) is 0 Å². The van der Waals surface area contributed by atoms with Crippen molar-refractivity contribution < 1.29 is 17.6 Å². The molecule has 1 aromatic heterocycles. The van der Waals surface area contributed by atoms with Crippen LogP contribution < -0.4 is 0 Å². The summed E-state index contributed by atoms with van der Waals surface area (Å²) in [5.74, 6) is 0.890. The standard InChI is InChI=1S/C12H17NO4S/c1-9(2)10-5-6-13(7-10)18(15,16)12-4-3-11(8-14)17-12/h3-4,8-10H,5-7H2,1-2H3. The van der Waals surface area contributed by atoms with Crippen LogP contribution in [-0.2, 0) is 10.0 Å². The Balaban J connectivity index is 2.20. The Morgan fingerprint density at radius 1 is 1.44 bits per heavy atom. The van der Waals surface area contributed by atoms with Gasteiger partial charge >= 0.3 is 0 Å². The average molecular weight is 271 g/mol. The lowest BCUT2D eigenvalue weighted by Gasteiger charge is -2.16. The van der Waals surface area contributed by atoms with Gasteiger partial charge in [-0.3, -0.25) is 4.79 Å². The van der Waals surface area contributed by atoms with Gasteiger partial charge in [0.15, 0.2) is 12.0 Å². The SMILES string of the molecule is CC(C)C1CCN(S(=O)(=O)c2ccc(C=O)o2)C1. The zero-order chi connectivity index (χ0) is 13.3. The van der Waals surface area contributed by atoms with E-state index in [1.165, 1.54) is 16.4 Å². The first kappa shape index (κ1) is 13.3. The lowest BCUT2D eigenvalue weighted by Crippen LogP contribution is -2.29. The van der Waals surface area contributed by atoms with E-state index >= 15 is 0 Å². The van der Waals surface area contributed by atoms with Crippen LogP contribution in [0, 0.1) is 11.8 Å². The molecule has 18 heavy (non-hydrogen) atoms. The average Bonchev–Trinajstić information content (AvgIpc) is 2.98. The van der Waals surface area contributed by atoms with Crippen LogP contribution in [0.5, 0.6) is 0 Å². The molecule has 1 atom stereocenters. The first-order valence-electron chi connectivity index (χ1n) is 6.00. The van der Waals surface area contributed by atoms with Crippen LogP contribution in [0.15, 0.2) is 21.6 Å². The van der Waals surface area contributed by atoms with Crippen molar-refractivity contribution in [3.05, 3.63) is 17.9 Å². The highest BCUT2D eigenvalue weighted by Crippen LogP contribution is 2.28. The number of carbonyl (C=O) groups excluding carboxylic acids is 1. The molecule has 6 heteroatoms. The molecular formula is C12H17NO4S. The highest BCUT2D eigenvalue weighted by atomic mass is 32.2. The topological polar surface area (TPSA) is 67.6 Å². The first-order valence-corrected chi connectivity index (χ1v) is 7.44. The highest BCUT2D eigenvalue weighted by molar-refractivity contribution is 7.89. The second kappa shape index (κ2) is 4.85. The summed E-state index contributed by atoms with van der Waals surface area (Å²) in [4.78, 5) is 10.5. The second-order valence-corrected chi connectivity index (χ2v) is 6.80. The summed E-state index contributed by atoms with van der Waals surface area (Å²) < 4.78 is 30.9. The summed E-state index contributed by atoms with van der Waals surface area (Å²) in [7, 11) is -3.59. The van der Waals surface area contributed by atoms with E-state index < -0.39 is 10.0 Å². The van der Waals surface area contributed by atoms with E-state index in [-0.39, 0.29) is 10.9 Å². The highest BCUT2D eigenvalue weighted by Gasteiger charge is 2.35. The second-order valence-electron chi connectivity index (χ2n) is 4.93. The van der Waals surface area contributed by atoms with Gasteiger partial charge in [-0.1, -0.05) is 13.8 Å². The van der Waals surface area contributed by atoms with Crippen LogP contribution in [0.4, 0.5) is 0 Å². The quantitative estimate of drug-likeness (QED) is 0.782. The molecule has 0 radical (unpaired) electrons. The van der Waals surface area contributed by atoms with Gasteiger partial charge in [0, 0.05) is 13.1 Å². The summed E-state index contributed by atoms with van der Waals surface area (Å²) in [5.41, 5.74) is 0. The Kier molecular flexibility index (Phi) is 3.59. The van der Waals surface area contributed by atoms with Gasteiger partial charge in [0.1, 0.15) is 0 Å². The smallest absolute Gasteiger partial charge is 0.276 e. The predicted octanol–water partition coefficient (Wildman–Crippen LogP) is 1.76. The van der Waals surface area contributed by atoms with Gasteiger partial charge < -0.3 is 4.42 Å². The van der Waals surface area contributed by atoms with Crippen LogP contribution >= 0.6 is 0 Å². The van der Waals surface area contributed by atoms with E-state index in [0.29, 0.717) is 31.2 Å². The van der Waals surface area contributed by atoms with E-state index in [1.54, 1.807) is 0 Å². The molecule has 0 amide bonds. The molecular weight excluding hydrogens is 254 g/mol. The van der Waals surface area contributed by atoms with E-state index in [4.69, 9.17) is 4.42 Å². The summed E-state index contributed by atoms with van der Waals surface area (Å²) in [6, 6.07) is 2.71. The molecule has 0 bridgehead atoms. The molecule has 1 saturated heterocycles. The molecule has 1 unspecified atom stereocenters. The van der Waals surface area contributed by atoms with Crippen molar-refractivity contribution in [2.45, 2.75) is 25.4 Å². The van der Waals surface area contributed by atoms with Crippen molar-refractivity contribution in [2.24, 2.45) is 11.8 Å². The molecule has 2 rings (SSSR count). The Morgan fingerprint density at radius 2 is 2.17 bits per heavy atom. The maximum atomic E-state index is 12.2. The molecule has 100 valence electrons. The predicted molar refractivity (Wildman–Crippen MR) is 65.8 cm³/mol. The third kappa shape index (κ3) is 2.35. The molecule has 5 nitrogen and oxygen atoms in total. The summed E-state index contributed by atoms with van der Waals surface area (Å²) in [6.07, 6.45) is 1.37. The fraction of sp³-hybridized carbons (Fsp3) is 0.583. The molecule has 1 fully saturated rings. The minimum absolute atomic E-state index is 0.0354. The van der Waals surface area contributed by atoms with E-state index in [9.17, 15) is 13.2 Å². The molecule has 1 aromatic rings. The normalized spacial score (nSPS) is 21.6. The van der Waals surface area contributed by atoms with Gasteiger partial charge in [-0.2, -0.15) is 4.31 Å². The molecule has 0 aliphatic carbocycles. The maximum Gasteiger partial charge on any atom is 0.276 e. The Bertz CT molecular complexity index is 532.